The summed E-state index contributed by atoms with van der Waals surface area (Å²) < 4.78 is 65.7. The molecule has 0 aliphatic heterocycles. The Balaban J connectivity index is 2.32. The summed E-state index contributed by atoms with van der Waals surface area (Å²) in [5, 5.41) is 0. The van der Waals surface area contributed by atoms with E-state index in [2.05, 4.69) is 5.43 Å². The van der Waals surface area contributed by atoms with Crippen LogP contribution in [0.15, 0.2) is 30.3 Å². The molecule has 3 N–H and O–H groups in total. The normalized spacial score (nSPS) is 12.5. The fraction of sp³-hybridized carbons (Fsp3) is 0.143. The Kier molecular flexibility index (Phi) is 4.54. The van der Waals surface area contributed by atoms with Crippen molar-refractivity contribution in [3.63, 3.8) is 0 Å². The molecule has 0 spiro atoms. The first-order chi connectivity index (χ1) is 9.92. The van der Waals surface area contributed by atoms with E-state index in [1.807, 2.05) is 0 Å². The minimum absolute atomic E-state index is 0.0117. The van der Waals surface area contributed by atoms with Crippen LogP contribution >= 0.6 is 0 Å². The Morgan fingerprint density at radius 1 is 0.905 bits per heavy atom. The zero-order chi connectivity index (χ0) is 15.6. The number of rotatable bonds is 4. The van der Waals surface area contributed by atoms with Crippen molar-refractivity contribution in [2.24, 2.45) is 5.84 Å². The second-order valence-corrected chi connectivity index (χ2v) is 4.46. The topological polar surface area (TPSA) is 38.0 Å². The molecule has 0 saturated heterocycles. The van der Waals surface area contributed by atoms with Gasteiger partial charge in [0.1, 0.15) is 11.6 Å². The molecule has 0 aliphatic carbocycles. The Labute approximate surface area is 117 Å². The molecular formula is C14H11F5N2. The first-order valence-electron chi connectivity index (χ1n) is 5.97. The molecule has 0 amide bonds. The van der Waals surface area contributed by atoms with E-state index >= 15 is 0 Å². The van der Waals surface area contributed by atoms with Crippen LogP contribution in [0.25, 0.3) is 0 Å². The summed E-state index contributed by atoms with van der Waals surface area (Å²) in [6.07, 6.45) is -0.0902. The zero-order valence-electron chi connectivity index (χ0n) is 10.6. The number of hydrazine groups is 1. The highest BCUT2D eigenvalue weighted by Crippen LogP contribution is 2.23. The molecule has 0 bridgehead atoms. The molecule has 2 nitrogen and oxygen atoms in total. The standard InChI is InChI=1S/C14H11F5N2/c15-9-2-1-7(10(16)6-9)5-13(21-20)8-3-11(17)14(19)12(18)4-8/h1-4,6,13,21H,5,20H2. The molecule has 0 saturated carbocycles. The van der Waals surface area contributed by atoms with Crippen LogP contribution in [-0.2, 0) is 6.42 Å². The molecular weight excluding hydrogens is 291 g/mol. The lowest BCUT2D eigenvalue weighted by atomic mass is 9.98. The van der Waals surface area contributed by atoms with Crippen molar-refractivity contribution in [2.45, 2.75) is 12.5 Å². The van der Waals surface area contributed by atoms with Crippen molar-refractivity contribution in [3.8, 4) is 0 Å². The van der Waals surface area contributed by atoms with E-state index in [-0.39, 0.29) is 17.5 Å². The highest BCUT2D eigenvalue weighted by molar-refractivity contribution is 5.26. The molecule has 21 heavy (non-hydrogen) atoms. The third-order valence-corrected chi connectivity index (χ3v) is 3.05. The van der Waals surface area contributed by atoms with Crippen molar-refractivity contribution >= 4 is 0 Å². The zero-order valence-corrected chi connectivity index (χ0v) is 10.6. The van der Waals surface area contributed by atoms with Gasteiger partial charge in [0.2, 0.25) is 0 Å². The molecule has 0 heterocycles. The SMILES string of the molecule is NNC(Cc1ccc(F)cc1F)c1cc(F)c(F)c(F)c1. The summed E-state index contributed by atoms with van der Waals surface area (Å²) in [4.78, 5) is 0. The molecule has 0 aromatic heterocycles. The maximum atomic E-state index is 13.6. The van der Waals surface area contributed by atoms with Crippen LogP contribution in [0.3, 0.4) is 0 Å². The highest BCUT2D eigenvalue weighted by Gasteiger charge is 2.18. The molecule has 0 radical (unpaired) electrons. The van der Waals surface area contributed by atoms with Gasteiger partial charge in [0, 0.05) is 6.07 Å². The second-order valence-electron chi connectivity index (χ2n) is 4.46. The van der Waals surface area contributed by atoms with E-state index in [4.69, 9.17) is 5.84 Å². The van der Waals surface area contributed by atoms with Crippen LogP contribution in [0.4, 0.5) is 22.0 Å². The lowest BCUT2D eigenvalue weighted by Crippen LogP contribution is -2.30. The van der Waals surface area contributed by atoms with Crippen molar-refractivity contribution in [1.29, 1.82) is 0 Å². The van der Waals surface area contributed by atoms with Gasteiger partial charge in [-0.2, -0.15) is 0 Å². The number of benzene rings is 2. The quantitative estimate of drug-likeness (QED) is 0.394. The minimum Gasteiger partial charge on any atom is -0.271 e. The predicted octanol–water partition coefficient (Wildman–Crippen LogP) is 3.13. The van der Waals surface area contributed by atoms with Crippen molar-refractivity contribution in [1.82, 2.24) is 5.43 Å². The highest BCUT2D eigenvalue weighted by atomic mass is 19.2. The number of halogens is 5. The molecule has 1 atom stereocenters. The minimum atomic E-state index is -1.59. The number of nitrogens with two attached hydrogens (primary N) is 1. The van der Waals surface area contributed by atoms with Gasteiger partial charge < -0.3 is 0 Å². The average molecular weight is 302 g/mol. The molecule has 1 unspecified atom stereocenters. The van der Waals surface area contributed by atoms with Crippen LogP contribution < -0.4 is 11.3 Å². The van der Waals surface area contributed by atoms with Crippen molar-refractivity contribution in [2.75, 3.05) is 0 Å². The number of hydrogen-bond acceptors (Lipinski definition) is 2. The summed E-state index contributed by atoms with van der Waals surface area (Å²) in [6.45, 7) is 0. The van der Waals surface area contributed by atoms with E-state index in [1.165, 1.54) is 6.07 Å². The molecule has 2 rings (SSSR count). The van der Waals surface area contributed by atoms with Gasteiger partial charge in [-0.15, -0.1) is 0 Å². The largest absolute Gasteiger partial charge is 0.271 e. The van der Waals surface area contributed by atoms with E-state index in [0.717, 1.165) is 18.2 Å². The Morgan fingerprint density at radius 2 is 1.52 bits per heavy atom. The molecule has 7 heteroatoms. The number of hydrogen-bond donors (Lipinski definition) is 2. The van der Waals surface area contributed by atoms with Crippen LogP contribution in [0.2, 0.25) is 0 Å². The monoisotopic (exact) mass is 302 g/mol. The number of nitrogens with one attached hydrogen (secondary N) is 1. The van der Waals surface area contributed by atoms with Gasteiger partial charge in [-0.1, -0.05) is 6.07 Å². The summed E-state index contributed by atoms with van der Waals surface area (Å²) in [5.41, 5.74) is 2.38. The average Bonchev–Trinajstić information content (AvgIpc) is 2.43. The van der Waals surface area contributed by atoms with Gasteiger partial charge in [-0.05, 0) is 35.7 Å². The van der Waals surface area contributed by atoms with Crippen LogP contribution in [0, 0.1) is 29.1 Å². The molecule has 0 fully saturated rings. The fourth-order valence-electron chi connectivity index (χ4n) is 1.96. The van der Waals surface area contributed by atoms with Crippen LogP contribution in [0.1, 0.15) is 17.2 Å². The molecule has 2 aromatic carbocycles. The van der Waals surface area contributed by atoms with E-state index in [1.54, 1.807) is 0 Å². The Morgan fingerprint density at radius 3 is 2.05 bits per heavy atom. The Bertz CT molecular complexity index is 637. The predicted molar refractivity (Wildman–Crippen MR) is 66.4 cm³/mol. The molecule has 0 aliphatic rings. The summed E-state index contributed by atoms with van der Waals surface area (Å²) in [5.74, 6) is -0.601. The van der Waals surface area contributed by atoms with E-state index in [0.29, 0.717) is 6.07 Å². The van der Waals surface area contributed by atoms with Gasteiger partial charge in [-0.3, -0.25) is 11.3 Å². The lowest BCUT2D eigenvalue weighted by molar-refractivity contribution is 0.438. The third-order valence-electron chi connectivity index (χ3n) is 3.05. The van der Waals surface area contributed by atoms with Crippen LogP contribution in [-0.4, -0.2) is 0 Å². The van der Waals surface area contributed by atoms with Gasteiger partial charge in [0.05, 0.1) is 6.04 Å². The summed E-state index contributed by atoms with van der Waals surface area (Å²) in [6, 6.07) is 3.61. The fourth-order valence-corrected chi connectivity index (χ4v) is 1.96. The molecule has 2 aromatic rings. The van der Waals surface area contributed by atoms with Gasteiger partial charge >= 0.3 is 0 Å². The van der Waals surface area contributed by atoms with Gasteiger partial charge in [0.25, 0.3) is 0 Å². The van der Waals surface area contributed by atoms with Crippen molar-refractivity contribution < 1.29 is 22.0 Å². The third kappa shape index (κ3) is 3.37. The maximum absolute atomic E-state index is 13.6. The second kappa shape index (κ2) is 6.19. The van der Waals surface area contributed by atoms with E-state index in [9.17, 15) is 22.0 Å². The first-order valence-corrected chi connectivity index (χ1v) is 5.97. The van der Waals surface area contributed by atoms with Crippen LogP contribution in [0.5, 0.6) is 0 Å². The smallest absolute Gasteiger partial charge is 0.194 e. The van der Waals surface area contributed by atoms with Gasteiger partial charge in [-0.25, -0.2) is 22.0 Å². The van der Waals surface area contributed by atoms with Gasteiger partial charge in [0.15, 0.2) is 17.5 Å². The summed E-state index contributed by atoms with van der Waals surface area (Å²) >= 11 is 0. The lowest BCUT2D eigenvalue weighted by Gasteiger charge is -2.17. The first kappa shape index (κ1) is 15.4. The summed E-state index contributed by atoms with van der Waals surface area (Å²) in [7, 11) is 0. The van der Waals surface area contributed by atoms with E-state index < -0.39 is 35.1 Å². The van der Waals surface area contributed by atoms with Crippen molar-refractivity contribution in [3.05, 3.63) is 70.5 Å². The maximum Gasteiger partial charge on any atom is 0.194 e. The Hall–Kier alpha value is -1.99. The molecule has 112 valence electrons.